The van der Waals surface area contributed by atoms with Crippen LogP contribution in [0.4, 0.5) is 5.95 Å². The van der Waals surface area contributed by atoms with E-state index in [9.17, 15) is 4.79 Å². The maximum absolute atomic E-state index is 12.3. The smallest absolute Gasteiger partial charge is 0.257 e. The number of carbonyl (C=O) groups is 1. The van der Waals surface area contributed by atoms with Gasteiger partial charge in [-0.3, -0.25) is 10.1 Å². The van der Waals surface area contributed by atoms with E-state index in [0.29, 0.717) is 24.7 Å². The first-order chi connectivity index (χ1) is 10.3. The van der Waals surface area contributed by atoms with E-state index in [-0.39, 0.29) is 5.91 Å². The number of hydrogen-bond acceptors (Lipinski definition) is 3. The minimum absolute atomic E-state index is 0.177. The van der Waals surface area contributed by atoms with Gasteiger partial charge in [-0.1, -0.05) is 18.2 Å². The highest BCUT2D eigenvalue weighted by molar-refractivity contribution is 6.04. The first kappa shape index (κ1) is 12.1. The number of nitrogens with zero attached hydrogens (tertiary/aromatic N) is 1. The van der Waals surface area contributed by atoms with Gasteiger partial charge in [-0.2, -0.15) is 0 Å². The van der Waals surface area contributed by atoms with Gasteiger partial charge in [0.05, 0.1) is 24.2 Å². The van der Waals surface area contributed by atoms with E-state index in [2.05, 4.69) is 15.3 Å². The number of ether oxygens (including phenoxy) is 1. The van der Waals surface area contributed by atoms with E-state index in [1.54, 1.807) is 0 Å². The van der Waals surface area contributed by atoms with Gasteiger partial charge in [0.15, 0.2) is 0 Å². The molecule has 104 valence electrons. The second-order valence-electron chi connectivity index (χ2n) is 5.03. The molecule has 0 atom stereocenters. The van der Waals surface area contributed by atoms with E-state index >= 15 is 0 Å². The first-order valence-electron chi connectivity index (χ1n) is 6.75. The molecular weight excluding hydrogens is 266 g/mol. The van der Waals surface area contributed by atoms with Crippen molar-refractivity contribution < 1.29 is 9.53 Å². The summed E-state index contributed by atoms with van der Waals surface area (Å²) < 4.78 is 5.36. The Hall–Kier alpha value is -2.66. The highest BCUT2D eigenvalue weighted by Gasteiger charge is 2.15. The fourth-order valence-electron chi connectivity index (χ4n) is 2.50. The van der Waals surface area contributed by atoms with Crippen molar-refractivity contribution in [2.45, 2.75) is 13.2 Å². The number of imidazole rings is 1. The van der Waals surface area contributed by atoms with Crippen molar-refractivity contribution in [3.8, 4) is 0 Å². The lowest BCUT2D eigenvalue weighted by Gasteiger charge is -2.03. The molecule has 21 heavy (non-hydrogen) atoms. The average molecular weight is 279 g/mol. The van der Waals surface area contributed by atoms with Crippen molar-refractivity contribution in [1.82, 2.24) is 9.97 Å². The summed E-state index contributed by atoms with van der Waals surface area (Å²) in [6.45, 7) is 1.20. The van der Waals surface area contributed by atoms with Gasteiger partial charge < -0.3 is 9.72 Å². The second kappa shape index (κ2) is 4.71. The minimum Gasteiger partial charge on any atom is -0.372 e. The maximum atomic E-state index is 12.3. The Morgan fingerprint density at radius 1 is 1.14 bits per heavy atom. The Morgan fingerprint density at radius 2 is 2.00 bits per heavy atom. The summed E-state index contributed by atoms with van der Waals surface area (Å²) in [5.74, 6) is 0.279. The van der Waals surface area contributed by atoms with E-state index in [4.69, 9.17) is 4.74 Å². The van der Waals surface area contributed by atoms with Gasteiger partial charge in [-0.15, -0.1) is 0 Å². The van der Waals surface area contributed by atoms with Crippen LogP contribution in [0.5, 0.6) is 0 Å². The molecule has 0 radical (unpaired) electrons. The zero-order valence-electron chi connectivity index (χ0n) is 11.2. The molecule has 2 N–H and O–H groups in total. The molecule has 2 aromatic carbocycles. The molecule has 0 saturated carbocycles. The molecular formula is C16H13N3O2. The van der Waals surface area contributed by atoms with Gasteiger partial charge in [-0.05, 0) is 35.4 Å². The normalized spacial score (nSPS) is 13.3. The number of H-pyrrole nitrogens is 1. The third-order valence-corrected chi connectivity index (χ3v) is 3.60. The molecule has 1 aromatic heterocycles. The number of benzene rings is 2. The number of anilines is 1. The van der Waals surface area contributed by atoms with Crippen LogP contribution >= 0.6 is 0 Å². The summed E-state index contributed by atoms with van der Waals surface area (Å²) in [6.07, 6.45) is 0. The van der Waals surface area contributed by atoms with Crippen molar-refractivity contribution in [2.24, 2.45) is 0 Å². The molecule has 0 bridgehead atoms. The van der Waals surface area contributed by atoms with Gasteiger partial charge in [0, 0.05) is 5.56 Å². The van der Waals surface area contributed by atoms with Crippen LogP contribution in [0.1, 0.15) is 21.5 Å². The second-order valence-corrected chi connectivity index (χ2v) is 5.03. The van der Waals surface area contributed by atoms with Crippen molar-refractivity contribution >= 4 is 22.9 Å². The van der Waals surface area contributed by atoms with Crippen molar-refractivity contribution in [2.75, 3.05) is 5.32 Å². The zero-order valence-corrected chi connectivity index (χ0v) is 11.2. The molecule has 0 aliphatic carbocycles. The number of carbonyl (C=O) groups excluding carboxylic acids is 1. The Kier molecular flexibility index (Phi) is 2.72. The van der Waals surface area contributed by atoms with Gasteiger partial charge >= 0.3 is 0 Å². The molecule has 4 rings (SSSR count). The van der Waals surface area contributed by atoms with Crippen LogP contribution in [0, 0.1) is 0 Å². The molecule has 1 amide bonds. The van der Waals surface area contributed by atoms with E-state index in [0.717, 1.165) is 22.2 Å². The topological polar surface area (TPSA) is 67.0 Å². The largest absolute Gasteiger partial charge is 0.372 e. The summed E-state index contributed by atoms with van der Waals surface area (Å²) in [4.78, 5) is 19.7. The Labute approximate surface area is 121 Å². The molecule has 5 nitrogen and oxygen atoms in total. The molecule has 1 aliphatic heterocycles. The quantitative estimate of drug-likeness (QED) is 0.758. The van der Waals surface area contributed by atoms with Crippen LogP contribution < -0.4 is 5.32 Å². The SMILES string of the molecule is O=C(Nc1nc2ccccc2[nH]1)c1ccc2c(c1)COC2. The maximum Gasteiger partial charge on any atom is 0.257 e. The highest BCUT2D eigenvalue weighted by atomic mass is 16.5. The standard InChI is InChI=1S/C16H13N3O2/c20-15(10-5-6-11-8-21-9-12(11)7-10)19-16-17-13-3-1-2-4-14(13)18-16/h1-7H,8-9H2,(H2,17,18,19,20). The number of aromatic amines is 1. The third kappa shape index (κ3) is 2.17. The summed E-state index contributed by atoms with van der Waals surface area (Å²) in [5.41, 5.74) is 4.56. The van der Waals surface area contributed by atoms with Crippen molar-refractivity contribution in [3.63, 3.8) is 0 Å². The Balaban J connectivity index is 1.60. The lowest BCUT2D eigenvalue weighted by molar-refractivity contribution is 0.102. The highest BCUT2D eigenvalue weighted by Crippen LogP contribution is 2.21. The van der Waals surface area contributed by atoms with E-state index < -0.39 is 0 Å². The number of hydrogen-bond donors (Lipinski definition) is 2. The van der Waals surface area contributed by atoms with Crippen LogP contribution in [0.25, 0.3) is 11.0 Å². The summed E-state index contributed by atoms with van der Waals surface area (Å²) in [6, 6.07) is 13.3. The Morgan fingerprint density at radius 3 is 2.90 bits per heavy atom. The monoisotopic (exact) mass is 279 g/mol. The van der Waals surface area contributed by atoms with Gasteiger partial charge in [0.2, 0.25) is 5.95 Å². The number of rotatable bonds is 2. The number of fused-ring (bicyclic) bond motifs is 2. The van der Waals surface area contributed by atoms with Gasteiger partial charge in [0.1, 0.15) is 0 Å². The number of amides is 1. The lowest BCUT2D eigenvalue weighted by atomic mass is 10.1. The molecule has 3 aromatic rings. The first-order valence-corrected chi connectivity index (χ1v) is 6.75. The van der Waals surface area contributed by atoms with E-state index in [1.165, 1.54) is 0 Å². The lowest BCUT2D eigenvalue weighted by Crippen LogP contribution is -2.13. The molecule has 2 heterocycles. The number of nitrogens with one attached hydrogen (secondary N) is 2. The summed E-state index contributed by atoms with van der Waals surface area (Å²) in [5, 5.41) is 2.79. The summed E-state index contributed by atoms with van der Waals surface area (Å²) >= 11 is 0. The molecule has 0 fully saturated rings. The average Bonchev–Trinajstić information content (AvgIpc) is 3.11. The van der Waals surface area contributed by atoms with Crippen LogP contribution in [0.15, 0.2) is 42.5 Å². The number of para-hydroxylation sites is 2. The molecule has 0 saturated heterocycles. The molecule has 5 heteroatoms. The van der Waals surface area contributed by atoms with Gasteiger partial charge in [-0.25, -0.2) is 4.98 Å². The van der Waals surface area contributed by atoms with Crippen molar-refractivity contribution in [3.05, 3.63) is 59.2 Å². The number of aromatic nitrogens is 2. The minimum atomic E-state index is -0.177. The third-order valence-electron chi connectivity index (χ3n) is 3.60. The van der Waals surface area contributed by atoms with Crippen LogP contribution in [-0.4, -0.2) is 15.9 Å². The van der Waals surface area contributed by atoms with Gasteiger partial charge in [0.25, 0.3) is 5.91 Å². The van der Waals surface area contributed by atoms with Crippen molar-refractivity contribution in [1.29, 1.82) is 0 Å². The van der Waals surface area contributed by atoms with Crippen LogP contribution in [0.3, 0.4) is 0 Å². The summed E-state index contributed by atoms with van der Waals surface area (Å²) in [7, 11) is 0. The zero-order chi connectivity index (χ0) is 14.2. The fraction of sp³-hybridized carbons (Fsp3) is 0.125. The Bertz CT molecular complexity index is 805. The predicted molar refractivity (Wildman–Crippen MR) is 79.0 cm³/mol. The fourth-order valence-corrected chi connectivity index (χ4v) is 2.50. The van der Waals surface area contributed by atoms with Crippen LogP contribution in [-0.2, 0) is 18.0 Å². The predicted octanol–water partition coefficient (Wildman–Crippen LogP) is 2.85. The molecule has 1 aliphatic rings. The molecule has 0 spiro atoms. The van der Waals surface area contributed by atoms with Crippen LogP contribution in [0.2, 0.25) is 0 Å². The molecule has 0 unspecified atom stereocenters. The van der Waals surface area contributed by atoms with E-state index in [1.807, 2.05) is 42.5 Å².